The third-order valence-corrected chi connectivity index (χ3v) is 6.55. The quantitative estimate of drug-likeness (QED) is 0.667. The summed E-state index contributed by atoms with van der Waals surface area (Å²) in [6.45, 7) is 4.86. The van der Waals surface area contributed by atoms with Crippen molar-refractivity contribution in [2.45, 2.75) is 51.0 Å². The molecule has 0 saturated heterocycles. The summed E-state index contributed by atoms with van der Waals surface area (Å²) in [7, 11) is 0. The molecule has 1 aromatic carbocycles. The minimum absolute atomic E-state index is 0.169. The lowest BCUT2D eigenvalue weighted by atomic mass is 9.73. The number of aromatic nitrogens is 1. The number of rotatable bonds is 4. The fraction of sp³-hybridized carbons (Fsp3) is 0.440. The Morgan fingerprint density at radius 3 is 2.81 bits per heavy atom. The van der Waals surface area contributed by atoms with Crippen LogP contribution in [-0.2, 0) is 11.8 Å². The van der Waals surface area contributed by atoms with Gasteiger partial charge in [-0.15, -0.1) is 0 Å². The summed E-state index contributed by atoms with van der Waals surface area (Å²) >= 11 is 0. The molecule has 7 heteroatoms. The molecule has 4 rings (SSSR count). The average molecular weight is 440 g/mol. The molecule has 0 radical (unpaired) electrons. The summed E-state index contributed by atoms with van der Waals surface area (Å²) < 4.78 is 14.5. The second-order valence-electron chi connectivity index (χ2n) is 9.26. The van der Waals surface area contributed by atoms with E-state index in [-0.39, 0.29) is 22.7 Å². The second-order valence-corrected chi connectivity index (χ2v) is 9.26. The van der Waals surface area contributed by atoms with E-state index >= 15 is 0 Å². The number of hydrogen-bond acceptors (Lipinski definition) is 4. The van der Waals surface area contributed by atoms with E-state index in [2.05, 4.69) is 36.3 Å². The number of benzene rings is 1. The van der Waals surface area contributed by atoms with Crippen molar-refractivity contribution in [3.63, 3.8) is 0 Å². The average Bonchev–Trinajstić information content (AvgIpc) is 2.78. The number of pyridine rings is 1. The summed E-state index contributed by atoms with van der Waals surface area (Å²) in [5, 5.41) is 21.6. The van der Waals surface area contributed by atoms with Gasteiger partial charge in [0.05, 0.1) is 6.61 Å². The first-order chi connectivity index (χ1) is 15.3. The lowest BCUT2D eigenvalue weighted by Crippen LogP contribution is -2.38. The van der Waals surface area contributed by atoms with Crippen LogP contribution in [-0.4, -0.2) is 45.8 Å². The molecule has 0 bridgehead atoms. The molecule has 2 aliphatic rings. The lowest BCUT2D eigenvalue weighted by molar-refractivity contribution is 0.0950. The monoisotopic (exact) mass is 439 g/mol. The Bertz CT molecular complexity index is 1050. The van der Waals surface area contributed by atoms with E-state index in [0.717, 1.165) is 24.1 Å². The number of hydrogen-bond donors (Lipinski definition) is 3. The van der Waals surface area contributed by atoms with Gasteiger partial charge in [0.25, 0.3) is 0 Å². The molecule has 2 heterocycles. The first kappa shape index (κ1) is 22.4. The number of aliphatic hydroxyl groups is 2. The Hall–Kier alpha value is -2.77. The molecular formula is C25H30FN3O3. The van der Waals surface area contributed by atoms with Crippen LogP contribution in [0.5, 0.6) is 0 Å². The van der Waals surface area contributed by atoms with Crippen LogP contribution in [0, 0.1) is 5.82 Å². The van der Waals surface area contributed by atoms with Crippen molar-refractivity contribution in [2.24, 2.45) is 0 Å². The maximum absolute atomic E-state index is 14.5. The van der Waals surface area contributed by atoms with Crippen molar-refractivity contribution in [3.05, 3.63) is 64.7 Å². The van der Waals surface area contributed by atoms with Crippen LogP contribution < -0.4 is 5.32 Å². The third kappa shape index (κ3) is 4.54. The van der Waals surface area contributed by atoms with Gasteiger partial charge in [-0.25, -0.2) is 9.18 Å². The Kier molecular flexibility index (Phi) is 6.31. The van der Waals surface area contributed by atoms with Gasteiger partial charge < -0.3 is 20.4 Å². The number of nitrogens with zero attached hydrogens (tertiary/aromatic N) is 2. The van der Waals surface area contributed by atoms with Gasteiger partial charge >= 0.3 is 6.03 Å². The highest BCUT2D eigenvalue weighted by molar-refractivity contribution is 5.90. The highest BCUT2D eigenvalue weighted by atomic mass is 19.1. The van der Waals surface area contributed by atoms with Crippen molar-refractivity contribution < 1.29 is 19.4 Å². The van der Waals surface area contributed by atoms with Crippen LogP contribution in [0.2, 0.25) is 0 Å². The van der Waals surface area contributed by atoms with E-state index in [0.29, 0.717) is 19.5 Å². The maximum atomic E-state index is 14.5. The molecule has 1 aromatic heterocycles. The van der Waals surface area contributed by atoms with Gasteiger partial charge in [0.2, 0.25) is 0 Å². The van der Waals surface area contributed by atoms with E-state index in [1.165, 1.54) is 29.8 Å². The second kappa shape index (κ2) is 9.00. The van der Waals surface area contributed by atoms with Crippen LogP contribution in [0.1, 0.15) is 61.6 Å². The number of carbonyl (C=O) groups excluding carboxylic acids is 1. The van der Waals surface area contributed by atoms with Crippen molar-refractivity contribution in [3.8, 4) is 0 Å². The zero-order chi connectivity index (χ0) is 22.9. The Balaban J connectivity index is 1.41. The number of aryl methyl sites for hydroxylation is 1. The Morgan fingerprint density at radius 2 is 2.12 bits per heavy atom. The van der Waals surface area contributed by atoms with Gasteiger partial charge in [0.15, 0.2) is 0 Å². The molecular weight excluding hydrogens is 409 g/mol. The minimum atomic E-state index is -1.15. The van der Waals surface area contributed by atoms with Gasteiger partial charge in [0, 0.05) is 30.5 Å². The smallest absolute Gasteiger partial charge is 0.322 e. The predicted molar refractivity (Wildman–Crippen MR) is 122 cm³/mol. The normalized spacial score (nSPS) is 18.5. The molecule has 1 atom stereocenters. The highest BCUT2D eigenvalue weighted by Gasteiger charge is 2.27. The van der Waals surface area contributed by atoms with E-state index < -0.39 is 18.5 Å². The summed E-state index contributed by atoms with van der Waals surface area (Å²) in [4.78, 5) is 18.6. The molecule has 0 fully saturated rings. The summed E-state index contributed by atoms with van der Waals surface area (Å²) in [5.74, 6) is -0.545. The number of halogens is 1. The maximum Gasteiger partial charge on any atom is 0.322 e. The van der Waals surface area contributed by atoms with Crippen LogP contribution >= 0.6 is 0 Å². The fourth-order valence-electron chi connectivity index (χ4n) is 4.64. The van der Waals surface area contributed by atoms with Crippen LogP contribution in [0.3, 0.4) is 0 Å². The van der Waals surface area contributed by atoms with E-state index in [9.17, 15) is 14.3 Å². The number of fused-ring (bicyclic) bond motifs is 1. The number of nitrogens with one attached hydrogen (secondary N) is 1. The van der Waals surface area contributed by atoms with Gasteiger partial charge in [-0.1, -0.05) is 26.0 Å². The minimum Gasteiger partial charge on any atom is -0.393 e. The molecule has 2 aromatic rings. The van der Waals surface area contributed by atoms with Crippen molar-refractivity contribution in [1.82, 2.24) is 9.88 Å². The zero-order valence-corrected chi connectivity index (χ0v) is 18.6. The number of anilines is 1. The number of amides is 2. The Morgan fingerprint density at radius 1 is 1.31 bits per heavy atom. The first-order valence-electron chi connectivity index (χ1n) is 11.1. The predicted octanol–water partition coefficient (Wildman–Crippen LogP) is 4.18. The van der Waals surface area contributed by atoms with Gasteiger partial charge in [-0.3, -0.25) is 4.98 Å². The number of carbonyl (C=O) groups is 1. The molecule has 32 heavy (non-hydrogen) atoms. The van der Waals surface area contributed by atoms with E-state index in [1.807, 2.05) is 12.1 Å². The number of urea groups is 1. The third-order valence-electron chi connectivity index (χ3n) is 6.55. The van der Waals surface area contributed by atoms with Gasteiger partial charge in [-0.05, 0) is 66.0 Å². The molecule has 3 N–H and O–H groups in total. The summed E-state index contributed by atoms with van der Waals surface area (Å²) in [6, 6.07) is 7.20. The van der Waals surface area contributed by atoms with Crippen LogP contribution in [0.4, 0.5) is 14.9 Å². The molecule has 170 valence electrons. The zero-order valence-electron chi connectivity index (χ0n) is 18.6. The fourth-order valence-corrected chi connectivity index (χ4v) is 4.64. The molecule has 6 nitrogen and oxygen atoms in total. The summed E-state index contributed by atoms with van der Waals surface area (Å²) in [6.07, 6.45) is 5.88. The van der Waals surface area contributed by atoms with Crippen LogP contribution in [0.15, 0.2) is 36.5 Å². The Labute approximate surface area is 187 Å². The molecule has 1 aliphatic carbocycles. The molecule has 2 amide bonds. The largest absolute Gasteiger partial charge is 0.393 e. The topological polar surface area (TPSA) is 85.7 Å². The highest BCUT2D eigenvalue weighted by Crippen LogP contribution is 2.37. The molecule has 1 aliphatic heterocycles. The molecule has 0 saturated carbocycles. The first-order valence-corrected chi connectivity index (χ1v) is 11.1. The lowest BCUT2D eigenvalue weighted by Gasteiger charge is -2.33. The van der Waals surface area contributed by atoms with Crippen molar-refractivity contribution in [2.75, 3.05) is 25.0 Å². The van der Waals surface area contributed by atoms with Crippen molar-refractivity contribution in [1.29, 1.82) is 0 Å². The van der Waals surface area contributed by atoms with E-state index in [4.69, 9.17) is 5.11 Å². The molecule has 0 unspecified atom stereocenters. The SMILES string of the molecule is CC1(C)CCCc2cc(NC(=O)N3CC=C(c4ncc([C@H](O)CO)cc4F)CC3)ccc21. The van der Waals surface area contributed by atoms with Crippen LogP contribution in [0.25, 0.3) is 5.57 Å². The molecule has 0 spiro atoms. The standard InChI is InChI=1S/C25H30FN3O3/c1-25(2)9-3-4-17-12-19(5-6-20(17)25)28-24(32)29-10-7-16(8-11-29)23-21(26)13-18(14-27-23)22(31)15-30/h5-7,12-14,22,30-31H,3-4,8-11,15H2,1-2H3,(H,28,32)/t22-/m1/s1. The summed E-state index contributed by atoms with van der Waals surface area (Å²) in [5.41, 5.74) is 4.81. The van der Waals surface area contributed by atoms with E-state index in [1.54, 1.807) is 4.90 Å². The van der Waals surface area contributed by atoms with Crippen molar-refractivity contribution >= 4 is 17.3 Å². The number of aliphatic hydroxyl groups excluding tert-OH is 2. The van der Waals surface area contributed by atoms with Gasteiger partial charge in [0.1, 0.15) is 17.6 Å². The van der Waals surface area contributed by atoms with Gasteiger partial charge in [-0.2, -0.15) is 0 Å².